The number of nitrogens with one attached hydrogen (secondary N) is 1. The first-order valence-electron chi connectivity index (χ1n) is 8.49. The molecule has 3 rings (SSSR count). The van der Waals surface area contributed by atoms with Gasteiger partial charge in [-0.3, -0.25) is 0 Å². The first-order valence-corrected chi connectivity index (χ1v) is 8.49. The lowest BCUT2D eigenvalue weighted by atomic mass is 10.2. The molecule has 24 heavy (non-hydrogen) atoms. The van der Waals surface area contributed by atoms with E-state index in [9.17, 15) is 4.79 Å². The molecule has 0 radical (unpaired) electrons. The van der Waals surface area contributed by atoms with Gasteiger partial charge in [0.2, 0.25) is 5.95 Å². The third-order valence-electron chi connectivity index (χ3n) is 4.23. The zero-order chi connectivity index (χ0) is 17.3. The van der Waals surface area contributed by atoms with Crippen molar-refractivity contribution in [2.75, 3.05) is 25.0 Å². The number of aromatic nitrogens is 2. The zero-order valence-corrected chi connectivity index (χ0v) is 14.9. The molecule has 0 bridgehead atoms. The topological polar surface area (TPSA) is 61.5 Å². The molecule has 1 aliphatic rings. The van der Waals surface area contributed by atoms with Gasteiger partial charge in [0.05, 0.1) is 17.1 Å². The normalized spacial score (nSPS) is 18.2. The van der Waals surface area contributed by atoms with Gasteiger partial charge in [-0.25, -0.2) is 9.78 Å². The molecule has 1 aromatic heterocycles. The van der Waals surface area contributed by atoms with Crippen LogP contribution in [0.3, 0.4) is 0 Å². The summed E-state index contributed by atoms with van der Waals surface area (Å²) in [5, 5.41) is 0. The summed E-state index contributed by atoms with van der Waals surface area (Å²) in [6, 6.07) is 8.13. The Kier molecular flexibility index (Phi) is 4.39. The van der Waals surface area contributed by atoms with E-state index in [0.717, 1.165) is 42.9 Å². The predicted molar refractivity (Wildman–Crippen MR) is 95.3 cm³/mol. The van der Waals surface area contributed by atoms with E-state index in [1.54, 1.807) is 0 Å². The molecule has 2 heterocycles. The molecular weight excluding hydrogens is 304 g/mol. The van der Waals surface area contributed by atoms with Crippen molar-refractivity contribution in [2.45, 2.75) is 45.3 Å². The molecule has 1 aromatic carbocycles. The fourth-order valence-corrected chi connectivity index (χ4v) is 3.11. The second-order valence-electron chi connectivity index (χ2n) is 7.43. The number of fused-ring (bicyclic) bond motifs is 1. The maximum Gasteiger partial charge on any atom is 0.410 e. The number of aromatic amines is 1. The molecule has 0 unspecified atom stereocenters. The van der Waals surface area contributed by atoms with Crippen molar-refractivity contribution in [3.8, 4) is 0 Å². The van der Waals surface area contributed by atoms with E-state index in [0.29, 0.717) is 0 Å². The van der Waals surface area contributed by atoms with E-state index in [1.165, 1.54) is 0 Å². The molecule has 1 saturated heterocycles. The summed E-state index contributed by atoms with van der Waals surface area (Å²) in [5.74, 6) is 0.826. The van der Waals surface area contributed by atoms with Gasteiger partial charge in [0, 0.05) is 20.1 Å². The minimum atomic E-state index is -0.463. The summed E-state index contributed by atoms with van der Waals surface area (Å²) >= 11 is 0. The van der Waals surface area contributed by atoms with Crippen molar-refractivity contribution < 1.29 is 9.53 Å². The third-order valence-corrected chi connectivity index (χ3v) is 4.23. The molecule has 1 N–H and O–H groups in total. The highest BCUT2D eigenvalue weighted by Crippen LogP contribution is 2.23. The summed E-state index contributed by atoms with van der Waals surface area (Å²) < 4.78 is 5.53. The lowest BCUT2D eigenvalue weighted by Gasteiger charge is -2.30. The van der Waals surface area contributed by atoms with E-state index in [-0.39, 0.29) is 12.1 Å². The van der Waals surface area contributed by atoms with Crippen LogP contribution in [-0.4, -0.2) is 52.7 Å². The van der Waals surface area contributed by atoms with Crippen LogP contribution in [0.2, 0.25) is 0 Å². The molecule has 1 atom stereocenters. The number of H-pyrrole nitrogens is 1. The fourth-order valence-electron chi connectivity index (χ4n) is 3.11. The van der Waals surface area contributed by atoms with Crippen LogP contribution in [0, 0.1) is 0 Å². The number of rotatable bonds is 3. The van der Waals surface area contributed by atoms with Crippen molar-refractivity contribution in [2.24, 2.45) is 0 Å². The molecule has 130 valence electrons. The van der Waals surface area contributed by atoms with E-state index in [1.807, 2.05) is 57.0 Å². The maximum atomic E-state index is 12.4. The van der Waals surface area contributed by atoms with Crippen LogP contribution in [0.5, 0.6) is 0 Å². The highest BCUT2D eigenvalue weighted by Gasteiger charge is 2.33. The van der Waals surface area contributed by atoms with Crippen LogP contribution < -0.4 is 4.90 Å². The first-order chi connectivity index (χ1) is 11.3. The van der Waals surface area contributed by atoms with E-state index < -0.39 is 5.60 Å². The Hall–Kier alpha value is -2.24. The smallest absolute Gasteiger partial charge is 0.410 e. The van der Waals surface area contributed by atoms with Crippen molar-refractivity contribution in [3.63, 3.8) is 0 Å². The van der Waals surface area contributed by atoms with Crippen molar-refractivity contribution in [3.05, 3.63) is 24.3 Å². The van der Waals surface area contributed by atoms with Gasteiger partial charge in [-0.1, -0.05) is 12.1 Å². The van der Waals surface area contributed by atoms with Crippen molar-refractivity contribution in [1.82, 2.24) is 14.9 Å². The van der Waals surface area contributed by atoms with Gasteiger partial charge in [0.15, 0.2) is 0 Å². The monoisotopic (exact) mass is 330 g/mol. The van der Waals surface area contributed by atoms with Crippen LogP contribution >= 0.6 is 0 Å². The molecule has 6 nitrogen and oxygen atoms in total. The summed E-state index contributed by atoms with van der Waals surface area (Å²) in [7, 11) is 2.00. The number of hydrogen-bond acceptors (Lipinski definition) is 4. The van der Waals surface area contributed by atoms with Gasteiger partial charge in [0.25, 0.3) is 0 Å². The Morgan fingerprint density at radius 1 is 1.42 bits per heavy atom. The minimum Gasteiger partial charge on any atom is -0.444 e. The van der Waals surface area contributed by atoms with Crippen molar-refractivity contribution >= 4 is 23.1 Å². The standard InChI is InChI=1S/C18H26N4O2/c1-18(2,3)24-17(23)22-11-7-8-13(22)12-21(4)16-19-14-9-5-6-10-15(14)20-16/h5-6,9-10,13H,7-8,11-12H2,1-4H3,(H,19,20)/t13-/m0/s1. The number of imidazole rings is 1. The van der Waals surface area contributed by atoms with Crippen LogP contribution in [0.1, 0.15) is 33.6 Å². The molecule has 1 fully saturated rings. The summed E-state index contributed by atoms with van der Waals surface area (Å²) in [6.45, 7) is 7.19. The van der Waals surface area contributed by atoms with E-state index in [4.69, 9.17) is 4.74 Å². The molecule has 1 amide bonds. The largest absolute Gasteiger partial charge is 0.444 e. The minimum absolute atomic E-state index is 0.151. The summed E-state index contributed by atoms with van der Waals surface area (Å²) in [5.41, 5.74) is 1.51. The zero-order valence-electron chi connectivity index (χ0n) is 14.9. The molecule has 0 saturated carbocycles. The van der Waals surface area contributed by atoms with E-state index >= 15 is 0 Å². The first kappa shape index (κ1) is 16.6. The number of nitrogens with zero attached hydrogens (tertiary/aromatic N) is 3. The summed E-state index contributed by atoms with van der Waals surface area (Å²) in [6.07, 6.45) is 1.78. The number of amides is 1. The SMILES string of the molecule is CN(C[C@@H]1CCCN1C(=O)OC(C)(C)C)c1nc2ccccc2[nH]1. The fraction of sp³-hybridized carbons (Fsp3) is 0.556. The number of para-hydroxylation sites is 2. The second-order valence-corrected chi connectivity index (χ2v) is 7.43. The van der Waals surface area contributed by atoms with Gasteiger partial charge >= 0.3 is 6.09 Å². The second kappa shape index (κ2) is 6.34. The molecule has 1 aliphatic heterocycles. The Labute approximate surface area is 142 Å². The van der Waals surface area contributed by atoms with Gasteiger partial charge in [-0.2, -0.15) is 0 Å². The maximum absolute atomic E-state index is 12.4. The van der Waals surface area contributed by atoms with Gasteiger partial charge < -0.3 is 19.5 Å². The highest BCUT2D eigenvalue weighted by atomic mass is 16.6. The Balaban J connectivity index is 1.68. The van der Waals surface area contributed by atoms with Gasteiger partial charge in [-0.15, -0.1) is 0 Å². The quantitative estimate of drug-likeness (QED) is 0.937. The van der Waals surface area contributed by atoms with Crippen LogP contribution in [0.25, 0.3) is 11.0 Å². The number of carbonyl (C=O) groups excluding carboxylic acids is 1. The van der Waals surface area contributed by atoms with Crippen LogP contribution in [0.4, 0.5) is 10.7 Å². The molecule has 6 heteroatoms. The van der Waals surface area contributed by atoms with Crippen LogP contribution in [0.15, 0.2) is 24.3 Å². The van der Waals surface area contributed by atoms with E-state index in [2.05, 4.69) is 14.9 Å². The number of likely N-dealkylation sites (tertiary alicyclic amines) is 1. The summed E-state index contributed by atoms with van der Waals surface area (Å²) in [4.78, 5) is 24.3. The average molecular weight is 330 g/mol. The van der Waals surface area contributed by atoms with Crippen LogP contribution in [-0.2, 0) is 4.74 Å². The lowest BCUT2D eigenvalue weighted by molar-refractivity contribution is 0.0231. The number of ether oxygens (including phenoxy) is 1. The highest BCUT2D eigenvalue weighted by molar-refractivity contribution is 5.77. The molecule has 0 aliphatic carbocycles. The predicted octanol–water partition coefficient (Wildman–Crippen LogP) is 3.40. The molecule has 0 spiro atoms. The number of benzene rings is 1. The Bertz CT molecular complexity index is 686. The lowest BCUT2D eigenvalue weighted by Crippen LogP contribution is -2.44. The molecular formula is C18H26N4O2. The Morgan fingerprint density at radius 2 is 2.17 bits per heavy atom. The third kappa shape index (κ3) is 3.63. The Morgan fingerprint density at radius 3 is 2.88 bits per heavy atom. The molecule has 2 aromatic rings. The average Bonchev–Trinajstić information content (AvgIpc) is 3.11. The number of likely N-dealkylation sites (N-methyl/N-ethyl adjacent to an activating group) is 1. The number of carbonyl (C=O) groups is 1. The van der Waals surface area contributed by atoms with Gasteiger partial charge in [0.1, 0.15) is 5.60 Å². The van der Waals surface area contributed by atoms with Crippen molar-refractivity contribution in [1.29, 1.82) is 0 Å². The number of hydrogen-bond donors (Lipinski definition) is 1. The number of anilines is 1. The van der Waals surface area contributed by atoms with Gasteiger partial charge in [-0.05, 0) is 45.7 Å².